The number of carbonyl (C=O) groups excluding carboxylic acids is 1. The van der Waals surface area contributed by atoms with E-state index in [9.17, 15) is 13.6 Å². The van der Waals surface area contributed by atoms with Gasteiger partial charge in [0.05, 0.1) is 12.2 Å². The Hall–Kier alpha value is -2.31. The molecule has 23 heavy (non-hydrogen) atoms. The van der Waals surface area contributed by atoms with E-state index in [0.29, 0.717) is 11.6 Å². The minimum absolute atomic E-state index is 0.103. The van der Waals surface area contributed by atoms with Crippen molar-refractivity contribution >= 4 is 5.91 Å². The zero-order valence-electron chi connectivity index (χ0n) is 12.6. The highest BCUT2D eigenvalue weighted by Gasteiger charge is 2.18. The molecule has 0 atom stereocenters. The molecule has 0 aliphatic heterocycles. The summed E-state index contributed by atoms with van der Waals surface area (Å²) in [6.45, 7) is 0.103. The zero-order chi connectivity index (χ0) is 16.2. The molecule has 1 saturated carbocycles. The molecule has 122 valence electrons. The van der Waals surface area contributed by atoms with E-state index in [-0.39, 0.29) is 18.1 Å². The summed E-state index contributed by atoms with van der Waals surface area (Å²) in [5.74, 6) is -2.22. The van der Waals surface area contributed by atoms with Gasteiger partial charge in [0.1, 0.15) is 0 Å². The van der Waals surface area contributed by atoms with E-state index in [1.807, 2.05) is 0 Å². The molecule has 0 unspecified atom stereocenters. The number of hydrogen-bond donors (Lipinski definition) is 1. The van der Waals surface area contributed by atoms with Crippen molar-refractivity contribution in [1.82, 2.24) is 20.3 Å². The van der Waals surface area contributed by atoms with Gasteiger partial charge in [-0.1, -0.05) is 30.5 Å². The standard InChI is InChI=1S/C16H18F2N4O/c17-13-7-6-11(8-14(13)18)9-19-16(23)15-10-22(21-20-15)12-4-2-1-3-5-12/h6-8,10,12H,1-5,9H2,(H,19,23). The Kier molecular flexibility index (Phi) is 4.64. The van der Waals surface area contributed by atoms with Crippen LogP contribution < -0.4 is 5.32 Å². The van der Waals surface area contributed by atoms with Gasteiger partial charge in [-0.05, 0) is 30.5 Å². The average Bonchev–Trinajstić information content (AvgIpc) is 3.06. The van der Waals surface area contributed by atoms with Crippen LogP contribution >= 0.6 is 0 Å². The summed E-state index contributed by atoms with van der Waals surface area (Å²) < 4.78 is 27.7. The maximum atomic E-state index is 13.1. The molecule has 1 fully saturated rings. The number of benzene rings is 1. The van der Waals surface area contributed by atoms with Crippen molar-refractivity contribution in [3.8, 4) is 0 Å². The Labute approximate surface area is 132 Å². The average molecular weight is 320 g/mol. The van der Waals surface area contributed by atoms with Gasteiger partial charge in [0.2, 0.25) is 0 Å². The van der Waals surface area contributed by atoms with Crippen molar-refractivity contribution in [2.24, 2.45) is 0 Å². The Morgan fingerprint density at radius 1 is 1.22 bits per heavy atom. The molecule has 1 aromatic carbocycles. The molecule has 0 bridgehead atoms. The number of amides is 1. The second kappa shape index (κ2) is 6.85. The topological polar surface area (TPSA) is 59.8 Å². The van der Waals surface area contributed by atoms with Crippen molar-refractivity contribution in [3.63, 3.8) is 0 Å². The number of hydrogen-bond acceptors (Lipinski definition) is 3. The third-order valence-corrected chi connectivity index (χ3v) is 4.13. The lowest BCUT2D eigenvalue weighted by Gasteiger charge is -2.20. The fourth-order valence-electron chi connectivity index (χ4n) is 2.83. The Morgan fingerprint density at radius 2 is 2.00 bits per heavy atom. The minimum Gasteiger partial charge on any atom is -0.347 e. The van der Waals surface area contributed by atoms with Crippen LogP contribution in [0.5, 0.6) is 0 Å². The van der Waals surface area contributed by atoms with Crippen LogP contribution in [0.25, 0.3) is 0 Å². The number of carbonyl (C=O) groups is 1. The van der Waals surface area contributed by atoms with Crippen LogP contribution in [0.1, 0.15) is 54.2 Å². The first-order valence-corrected chi connectivity index (χ1v) is 7.77. The lowest BCUT2D eigenvalue weighted by molar-refractivity contribution is 0.0945. The third-order valence-electron chi connectivity index (χ3n) is 4.13. The van der Waals surface area contributed by atoms with Crippen molar-refractivity contribution in [2.75, 3.05) is 0 Å². The summed E-state index contributed by atoms with van der Waals surface area (Å²) in [5.41, 5.74) is 0.718. The Balaban J connectivity index is 1.59. The maximum Gasteiger partial charge on any atom is 0.273 e. The largest absolute Gasteiger partial charge is 0.347 e. The molecule has 1 N–H and O–H groups in total. The van der Waals surface area contributed by atoms with E-state index < -0.39 is 11.6 Å². The number of rotatable bonds is 4. The summed E-state index contributed by atoms with van der Waals surface area (Å²) in [5, 5.41) is 10.6. The number of aromatic nitrogens is 3. The molecule has 1 aliphatic carbocycles. The Bertz CT molecular complexity index is 695. The first-order valence-electron chi connectivity index (χ1n) is 7.77. The van der Waals surface area contributed by atoms with Crippen molar-refractivity contribution < 1.29 is 13.6 Å². The lowest BCUT2D eigenvalue weighted by atomic mass is 9.96. The van der Waals surface area contributed by atoms with Crippen molar-refractivity contribution in [1.29, 1.82) is 0 Å². The third kappa shape index (κ3) is 3.72. The molecular weight excluding hydrogens is 302 g/mol. The summed E-state index contributed by atoms with van der Waals surface area (Å²) in [6.07, 6.45) is 7.34. The van der Waals surface area contributed by atoms with E-state index >= 15 is 0 Å². The van der Waals surface area contributed by atoms with Crippen LogP contribution in [-0.2, 0) is 6.54 Å². The van der Waals surface area contributed by atoms with Crippen LogP contribution in [0.3, 0.4) is 0 Å². The molecule has 7 heteroatoms. The quantitative estimate of drug-likeness (QED) is 0.942. The van der Waals surface area contributed by atoms with Crippen LogP contribution in [0, 0.1) is 11.6 Å². The van der Waals surface area contributed by atoms with Crippen LogP contribution in [0.2, 0.25) is 0 Å². The van der Waals surface area contributed by atoms with Gasteiger partial charge in [0.15, 0.2) is 17.3 Å². The molecular formula is C16H18F2N4O. The van der Waals surface area contributed by atoms with E-state index in [1.54, 1.807) is 10.9 Å². The first kappa shape index (κ1) is 15.6. The van der Waals surface area contributed by atoms with E-state index in [2.05, 4.69) is 15.6 Å². The lowest BCUT2D eigenvalue weighted by Crippen LogP contribution is -2.23. The normalized spacial score (nSPS) is 15.6. The van der Waals surface area contributed by atoms with Crippen molar-refractivity contribution in [3.05, 3.63) is 47.3 Å². The number of halogens is 2. The SMILES string of the molecule is O=C(NCc1ccc(F)c(F)c1)c1cn(C2CCCCC2)nn1. The zero-order valence-corrected chi connectivity index (χ0v) is 12.6. The van der Waals surface area contributed by atoms with Crippen LogP contribution in [-0.4, -0.2) is 20.9 Å². The smallest absolute Gasteiger partial charge is 0.273 e. The highest BCUT2D eigenvalue weighted by molar-refractivity contribution is 5.91. The fourth-order valence-corrected chi connectivity index (χ4v) is 2.83. The highest BCUT2D eigenvalue weighted by atomic mass is 19.2. The molecule has 5 nitrogen and oxygen atoms in total. The molecule has 1 aliphatic rings. The summed E-state index contributed by atoms with van der Waals surface area (Å²) in [6, 6.07) is 3.84. The molecule has 0 radical (unpaired) electrons. The molecule has 1 aromatic heterocycles. The molecule has 1 amide bonds. The Morgan fingerprint density at radius 3 is 2.74 bits per heavy atom. The van der Waals surface area contributed by atoms with Crippen molar-refractivity contribution in [2.45, 2.75) is 44.7 Å². The molecule has 1 heterocycles. The minimum atomic E-state index is -0.931. The van der Waals surface area contributed by atoms with Gasteiger partial charge in [0.25, 0.3) is 5.91 Å². The number of nitrogens with zero attached hydrogens (tertiary/aromatic N) is 3. The second-order valence-corrected chi connectivity index (χ2v) is 5.81. The molecule has 0 saturated heterocycles. The van der Waals surface area contributed by atoms with E-state index in [0.717, 1.165) is 25.0 Å². The van der Waals surface area contributed by atoms with Gasteiger partial charge in [-0.3, -0.25) is 4.79 Å². The van der Waals surface area contributed by atoms with E-state index in [1.165, 1.54) is 25.3 Å². The summed E-state index contributed by atoms with van der Waals surface area (Å²) in [4.78, 5) is 12.1. The number of nitrogens with one attached hydrogen (secondary N) is 1. The molecule has 2 aromatic rings. The van der Waals surface area contributed by atoms with Gasteiger partial charge in [-0.2, -0.15) is 0 Å². The monoisotopic (exact) mass is 320 g/mol. The van der Waals surface area contributed by atoms with Gasteiger partial charge in [0, 0.05) is 6.54 Å². The van der Waals surface area contributed by atoms with Gasteiger partial charge >= 0.3 is 0 Å². The molecule has 0 spiro atoms. The van der Waals surface area contributed by atoms with E-state index in [4.69, 9.17) is 0 Å². The fraction of sp³-hybridized carbons (Fsp3) is 0.438. The predicted molar refractivity (Wildman–Crippen MR) is 79.7 cm³/mol. The van der Waals surface area contributed by atoms with Crippen LogP contribution in [0.4, 0.5) is 8.78 Å². The van der Waals surface area contributed by atoms with Gasteiger partial charge in [-0.25, -0.2) is 13.5 Å². The molecule has 3 rings (SSSR count). The summed E-state index contributed by atoms with van der Waals surface area (Å²) in [7, 11) is 0. The van der Waals surface area contributed by atoms with Gasteiger partial charge < -0.3 is 5.32 Å². The first-order chi connectivity index (χ1) is 11.1. The predicted octanol–water partition coefficient (Wildman–Crippen LogP) is 2.99. The maximum absolute atomic E-state index is 13.1. The highest BCUT2D eigenvalue weighted by Crippen LogP contribution is 2.27. The second-order valence-electron chi connectivity index (χ2n) is 5.81. The van der Waals surface area contributed by atoms with Gasteiger partial charge in [-0.15, -0.1) is 5.10 Å². The summed E-state index contributed by atoms with van der Waals surface area (Å²) >= 11 is 0. The van der Waals surface area contributed by atoms with Crippen LogP contribution in [0.15, 0.2) is 24.4 Å².